The fourth-order valence-corrected chi connectivity index (χ4v) is 3.70. The van der Waals surface area contributed by atoms with Crippen LogP contribution < -0.4 is 15.8 Å². The van der Waals surface area contributed by atoms with Crippen molar-refractivity contribution in [3.05, 3.63) is 59.7 Å². The first-order chi connectivity index (χ1) is 14.5. The van der Waals surface area contributed by atoms with Gasteiger partial charge >= 0.3 is 11.9 Å². The van der Waals surface area contributed by atoms with Gasteiger partial charge in [-0.25, -0.2) is 8.42 Å². The second-order valence-electron chi connectivity index (χ2n) is 6.41. The van der Waals surface area contributed by atoms with Crippen LogP contribution in [0.4, 0.5) is 5.69 Å². The van der Waals surface area contributed by atoms with Gasteiger partial charge in [0.25, 0.3) is 5.91 Å². The summed E-state index contributed by atoms with van der Waals surface area (Å²) in [6, 6.07) is 9.38. The maximum atomic E-state index is 12.4. The SMILES string of the molecule is N=C(N)c1ccc(NC(=O)c2ccc(S(=O)(=O)NC(CCC(=O)O)C(=O)O)cc2)cc1. The van der Waals surface area contributed by atoms with Crippen molar-refractivity contribution >= 4 is 39.4 Å². The van der Waals surface area contributed by atoms with Gasteiger partial charge in [-0.05, 0) is 55.0 Å². The number of aliphatic carboxylic acids is 2. The summed E-state index contributed by atoms with van der Waals surface area (Å²) in [6.45, 7) is 0. The molecule has 12 heteroatoms. The smallest absolute Gasteiger partial charge is 0.321 e. The van der Waals surface area contributed by atoms with Crippen molar-refractivity contribution in [1.29, 1.82) is 5.41 Å². The highest BCUT2D eigenvalue weighted by molar-refractivity contribution is 7.89. The lowest BCUT2D eigenvalue weighted by molar-refractivity contribution is -0.140. The molecule has 2 rings (SSSR count). The average Bonchev–Trinajstić information content (AvgIpc) is 2.71. The zero-order chi connectivity index (χ0) is 23.2. The van der Waals surface area contributed by atoms with Gasteiger partial charge < -0.3 is 21.3 Å². The van der Waals surface area contributed by atoms with Gasteiger partial charge in [0.05, 0.1) is 4.90 Å². The highest BCUT2D eigenvalue weighted by Gasteiger charge is 2.26. The number of anilines is 1. The van der Waals surface area contributed by atoms with Crippen molar-refractivity contribution in [3.8, 4) is 0 Å². The van der Waals surface area contributed by atoms with E-state index in [0.717, 1.165) is 12.1 Å². The van der Waals surface area contributed by atoms with E-state index in [0.29, 0.717) is 11.3 Å². The van der Waals surface area contributed by atoms with Gasteiger partial charge in [0.15, 0.2) is 0 Å². The third-order valence-corrected chi connectivity index (χ3v) is 5.61. The molecule has 0 fully saturated rings. The van der Waals surface area contributed by atoms with Gasteiger partial charge in [-0.15, -0.1) is 0 Å². The molecule has 0 bridgehead atoms. The van der Waals surface area contributed by atoms with E-state index in [-0.39, 0.29) is 16.3 Å². The number of hydrogen-bond donors (Lipinski definition) is 6. The summed E-state index contributed by atoms with van der Waals surface area (Å²) in [5.41, 5.74) is 6.44. The topological polar surface area (TPSA) is 200 Å². The average molecular weight is 448 g/mol. The Morgan fingerprint density at radius 3 is 2.00 bits per heavy atom. The summed E-state index contributed by atoms with van der Waals surface area (Å²) in [6.07, 6.45) is -0.946. The van der Waals surface area contributed by atoms with Crippen LogP contribution in [0.1, 0.15) is 28.8 Å². The Kier molecular flexibility index (Phi) is 7.45. The molecule has 2 aromatic carbocycles. The van der Waals surface area contributed by atoms with Crippen molar-refractivity contribution in [2.45, 2.75) is 23.8 Å². The molecular weight excluding hydrogens is 428 g/mol. The predicted octanol–water partition coefficient (Wildman–Crippen LogP) is 0.819. The molecule has 11 nitrogen and oxygen atoms in total. The number of sulfonamides is 1. The van der Waals surface area contributed by atoms with Crippen molar-refractivity contribution in [2.24, 2.45) is 5.73 Å². The van der Waals surface area contributed by atoms with Crippen LogP contribution >= 0.6 is 0 Å². The summed E-state index contributed by atoms with van der Waals surface area (Å²) < 4.78 is 26.8. The number of rotatable bonds is 10. The Morgan fingerprint density at radius 1 is 0.968 bits per heavy atom. The predicted molar refractivity (Wildman–Crippen MR) is 110 cm³/mol. The summed E-state index contributed by atoms with van der Waals surface area (Å²) >= 11 is 0. The molecule has 2 aromatic rings. The lowest BCUT2D eigenvalue weighted by Crippen LogP contribution is -2.41. The lowest BCUT2D eigenvalue weighted by atomic mass is 10.1. The molecule has 0 saturated carbocycles. The number of nitrogen functional groups attached to an aromatic ring is 1. The summed E-state index contributed by atoms with van der Waals surface area (Å²) in [4.78, 5) is 33.9. The molecule has 0 aliphatic carbocycles. The molecule has 0 aliphatic rings. The van der Waals surface area contributed by atoms with E-state index in [1.165, 1.54) is 12.1 Å². The van der Waals surface area contributed by atoms with E-state index in [4.69, 9.17) is 21.4 Å². The largest absolute Gasteiger partial charge is 0.481 e. The normalized spacial score (nSPS) is 12.0. The minimum Gasteiger partial charge on any atom is -0.481 e. The van der Waals surface area contributed by atoms with Crippen molar-refractivity contribution in [1.82, 2.24) is 4.72 Å². The molecule has 1 unspecified atom stereocenters. The van der Waals surface area contributed by atoms with Crippen LogP contribution in [0.5, 0.6) is 0 Å². The maximum Gasteiger partial charge on any atom is 0.321 e. The number of amidine groups is 1. The van der Waals surface area contributed by atoms with E-state index >= 15 is 0 Å². The molecule has 0 aromatic heterocycles. The number of benzene rings is 2. The minimum atomic E-state index is -4.25. The first kappa shape index (κ1) is 23.5. The number of carbonyl (C=O) groups is 3. The Hall–Kier alpha value is -3.77. The number of nitrogens with one attached hydrogen (secondary N) is 3. The molecular formula is C19H20N4O7S. The van der Waals surface area contributed by atoms with Gasteiger partial charge in [0.2, 0.25) is 10.0 Å². The zero-order valence-corrected chi connectivity index (χ0v) is 16.8. The molecule has 7 N–H and O–H groups in total. The van der Waals surface area contributed by atoms with E-state index in [9.17, 15) is 22.8 Å². The van der Waals surface area contributed by atoms with Crippen LogP contribution in [0.2, 0.25) is 0 Å². The van der Waals surface area contributed by atoms with Crippen LogP contribution in [-0.4, -0.2) is 48.4 Å². The molecule has 0 aliphatic heterocycles. The number of carboxylic acids is 2. The second-order valence-corrected chi connectivity index (χ2v) is 8.13. The molecule has 1 amide bonds. The number of hydrogen-bond acceptors (Lipinski definition) is 6. The van der Waals surface area contributed by atoms with Crippen LogP contribution in [0, 0.1) is 5.41 Å². The molecule has 0 saturated heterocycles. The van der Waals surface area contributed by atoms with Crippen molar-refractivity contribution in [3.63, 3.8) is 0 Å². The van der Waals surface area contributed by atoms with Gasteiger partial charge in [0, 0.05) is 23.2 Å². The zero-order valence-electron chi connectivity index (χ0n) is 16.0. The number of carboxylic acid groups (broad SMARTS) is 2. The lowest BCUT2D eigenvalue weighted by Gasteiger charge is -2.14. The molecule has 0 heterocycles. The number of nitrogens with two attached hydrogens (primary N) is 1. The van der Waals surface area contributed by atoms with Crippen LogP contribution in [0.25, 0.3) is 0 Å². The second kappa shape index (κ2) is 9.82. The third kappa shape index (κ3) is 6.62. The summed E-state index contributed by atoms with van der Waals surface area (Å²) in [7, 11) is -4.25. The minimum absolute atomic E-state index is 0.114. The van der Waals surface area contributed by atoms with E-state index in [2.05, 4.69) is 5.32 Å². The monoisotopic (exact) mass is 448 g/mol. The van der Waals surface area contributed by atoms with E-state index < -0.39 is 46.8 Å². The molecule has 164 valence electrons. The Balaban J connectivity index is 2.10. The van der Waals surface area contributed by atoms with Crippen LogP contribution in [0.3, 0.4) is 0 Å². The molecule has 31 heavy (non-hydrogen) atoms. The number of carbonyl (C=O) groups excluding carboxylic acids is 1. The Bertz CT molecular complexity index is 1100. The van der Waals surface area contributed by atoms with Crippen LogP contribution in [-0.2, 0) is 19.6 Å². The maximum absolute atomic E-state index is 12.4. The van der Waals surface area contributed by atoms with E-state index in [1.54, 1.807) is 24.3 Å². The fourth-order valence-electron chi connectivity index (χ4n) is 2.48. The van der Waals surface area contributed by atoms with Crippen molar-refractivity contribution in [2.75, 3.05) is 5.32 Å². The Morgan fingerprint density at radius 2 is 1.52 bits per heavy atom. The first-order valence-electron chi connectivity index (χ1n) is 8.82. The van der Waals surface area contributed by atoms with Crippen molar-refractivity contribution < 1.29 is 33.0 Å². The summed E-state index contributed by atoms with van der Waals surface area (Å²) in [5, 5.41) is 27.7. The number of amides is 1. The van der Waals surface area contributed by atoms with E-state index in [1.807, 2.05) is 4.72 Å². The summed E-state index contributed by atoms with van der Waals surface area (Å²) in [5.74, 6) is -3.39. The molecule has 1 atom stereocenters. The quantitative estimate of drug-likeness (QED) is 0.226. The van der Waals surface area contributed by atoms with Gasteiger partial charge in [-0.1, -0.05) is 0 Å². The fraction of sp³-hybridized carbons (Fsp3) is 0.158. The van der Waals surface area contributed by atoms with Gasteiger partial charge in [0.1, 0.15) is 11.9 Å². The van der Waals surface area contributed by atoms with Gasteiger partial charge in [-0.2, -0.15) is 4.72 Å². The molecule has 0 spiro atoms. The standard InChI is InChI=1S/C19H20N4O7S/c20-17(21)11-1-5-13(6-2-11)22-18(26)12-3-7-14(8-4-12)31(29,30)23-15(19(27)28)9-10-16(24)25/h1-8,15,23H,9-10H2,(H3,20,21)(H,22,26)(H,24,25)(H,27,28). The first-order valence-corrected chi connectivity index (χ1v) is 10.3. The highest BCUT2D eigenvalue weighted by atomic mass is 32.2. The Labute approximate surface area is 177 Å². The third-order valence-electron chi connectivity index (χ3n) is 4.12. The van der Waals surface area contributed by atoms with Crippen LogP contribution in [0.15, 0.2) is 53.4 Å². The highest BCUT2D eigenvalue weighted by Crippen LogP contribution is 2.15. The molecule has 0 radical (unpaired) electrons. The van der Waals surface area contributed by atoms with Gasteiger partial charge in [-0.3, -0.25) is 19.8 Å².